The summed E-state index contributed by atoms with van der Waals surface area (Å²) in [6.45, 7) is 4.81. The zero-order valence-electron chi connectivity index (χ0n) is 15.5. The lowest BCUT2D eigenvalue weighted by Crippen LogP contribution is -2.25. The molecule has 1 aliphatic heterocycles. The number of hydrogen-bond donors (Lipinski definition) is 2. The van der Waals surface area contributed by atoms with E-state index in [0.717, 1.165) is 17.7 Å². The average Bonchev–Trinajstić information content (AvgIpc) is 3.28. The van der Waals surface area contributed by atoms with Gasteiger partial charge >= 0.3 is 0 Å². The van der Waals surface area contributed by atoms with Crippen LogP contribution in [0.3, 0.4) is 0 Å². The van der Waals surface area contributed by atoms with Crippen LogP contribution in [0, 0.1) is 0 Å². The van der Waals surface area contributed by atoms with Gasteiger partial charge in [-0.1, -0.05) is 0 Å². The molecule has 1 aromatic heterocycles. The molecule has 2 amide bonds. The van der Waals surface area contributed by atoms with Crippen LogP contribution in [0.1, 0.15) is 42.8 Å². The molecule has 3 rings (SSSR count). The van der Waals surface area contributed by atoms with Crippen molar-refractivity contribution in [1.82, 2.24) is 5.32 Å². The number of carbonyl (C=O) groups excluding carboxylic acids is 2. The Morgan fingerprint density at radius 1 is 1.33 bits per heavy atom. The van der Waals surface area contributed by atoms with Gasteiger partial charge in [0.25, 0.3) is 5.91 Å². The number of fused-ring (bicyclic) bond motifs is 1. The largest absolute Gasteiger partial charge is 0.492 e. The van der Waals surface area contributed by atoms with E-state index >= 15 is 0 Å². The predicted octanol–water partition coefficient (Wildman–Crippen LogP) is 3.15. The van der Waals surface area contributed by atoms with Crippen molar-refractivity contribution < 1.29 is 23.5 Å². The molecule has 2 heterocycles. The fourth-order valence-corrected chi connectivity index (χ4v) is 2.97. The summed E-state index contributed by atoms with van der Waals surface area (Å²) >= 11 is 0. The molecule has 0 radical (unpaired) electrons. The molecule has 1 atom stereocenters. The third-order valence-electron chi connectivity index (χ3n) is 4.18. The van der Waals surface area contributed by atoms with Gasteiger partial charge in [0, 0.05) is 31.0 Å². The lowest BCUT2D eigenvalue weighted by atomic mass is 10.1. The topological polar surface area (TPSA) is 89.8 Å². The first-order valence-corrected chi connectivity index (χ1v) is 9.14. The first-order valence-electron chi connectivity index (χ1n) is 9.14. The summed E-state index contributed by atoms with van der Waals surface area (Å²) in [6, 6.07) is 7.00. The molecule has 0 aliphatic carbocycles. The fourth-order valence-electron chi connectivity index (χ4n) is 2.97. The van der Waals surface area contributed by atoms with Crippen LogP contribution in [-0.4, -0.2) is 31.1 Å². The van der Waals surface area contributed by atoms with Gasteiger partial charge in [0.15, 0.2) is 5.76 Å². The zero-order valence-corrected chi connectivity index (χ0v) is 15.5. The number of amides is 2. The Morgan fingerprint density at radius 2 is 2.19 bits per heavy atom. The number of nitrogens with one attached hydrogen (secondary N) is 2. The van der Waals surface area contributed by atoms with E-state index in [1.165, 1.54) is 6.26 Å². The van der Waals surface area contributed by atoms with E-state index in [-0.39, 0.29) is 30.1 Å². The maximum Gasteiger partial charge on any atom is 0.286 e. The minimum absolute atomic E-state index is 0.123. The van der Waals surface area contributed by atoms with E-state index in [9.17, 15) is 9.59 Å². The Balaban J connectivity index is 1.51. The van der Waals surface area contributed by atoms with E-state index in [4.69, 9.17) is 13.9 Å². The summed E-state index contributed by atoms with van der Waals surface area (Å²) in [4.78, 5) is 24.0. The highest BCUT2D eigenvalue weighted by Crippen LogP contribution is 2.38. The monoisotopic (exact) mass is 372 g/mol. The van der Waals surface area contributed by atoms with E-state index < -0.39 is 0 Å². The summed E-state index contributed by atoms with van der Waals surface area (Å²) < 4.78 is 16.4. The maximum atomic E-state index is 12.3. The molecular formula is C20H24N2O5. The number of benzene rings is 1. The Kier molecular flexibility index (Phi) is 6.01. The van der Waals surface area contributed by atoms with Gasteiger partial charge in [-0.05, 0) is 38.5 Å². The van der Waals surface area contributed by atoms with Crippen molar-refractivity contribution in [3.63, 3.8) is 0 Å². The molecule has 144 valence electrons. The molecule has 7 nitrogen and oxygen atoms in total. The second-order valence-electron chi connectivity index (χ2n) is 6.41. The normalized spacial score (nSPS) is 15.0. The van der Waals surface area contributed by atoms with Crippen molar-refractivity contribution in [2.24, 2.45) is 0 Å². The van der Waals surface area contributed by atoms with E-state index in [0.29, 0.717) is 31.0 Å². The van der Waals surface area contributed by atoms with Crippen LogP contribution < -0.4 is 20.1 Å². The highest BCUT2D eigenvalue weighted by molar-refractivity contribution is 5.93. The molecule has 1 aromatic carbocycles. The maximum absolute atomic E-state index is 12.3. The SMILES string of the molecule is CCOc1cc2c(cc1NC(=O)CCCNC(=O)c1ccco1)OC(C)C2. The number of hydrogen-bond acceptors (Lipinski definition) is 5. The fraction of sp³-hybridized carbons (Fsp3) is 0.400. The summed E-state index contributed by atoms with van der Waals surface area (Å²) in [7, 11) is 0. The molecule has 2 aromatic rings. The summed E-state index contributed by atoms with van der Waals surface area (Å²) in [5.41, 5.74) is 1.69. The third kappa shape index (κ3) is 4.81. The molecule has 0 bridgehead atoms. The Hall–Kier alpha value is -2.96. The van der Waals surface area contributed by atoms with Crippen LogP contribution in [-0.2, 0) is 11.2 Å². The van der Waals surface area contributed by atoms with Crippen LogP contribution >= 0.6 is 0 Å². The molecule has 0 fully saturated rings. The number of ether oxygens (including phenoxy) is 2. The molecular weight excluding hydrogens is 348 g/mol. The van der Waals surface area contributed by atoms with Crippen molar-refractivity contribution in [2.45, 2.75) is 39.2 Å². The van der Waals surface area contributed by atoms with Crippen LogP contribution in [0.25, 0.3) is 0 Å². The molecule has 0 spiro atoms. The molecule has 0 saturated heterocycles. The van der Waals surface area contributed by atoms with Gasteiger partial charge in [0.05, 0.1) is 18.6 Å². The number of carbonyl (C=O) groups is 2. The van der Waals surface area contributed by atoms with Gasteiger partial charge < -0.3 is 24.5 Å². The van der Waals surface area contributed by atoms with Gasteiger partial charge in [-0.25, -0.2) is 0 Å². The van der Waals surface area contributed by atoms with Crippen LogP contribution in [0.5, 0.6) is 11.5 Å². The quantitative estimate of drug-likeness (QED) is 0.695. The number of furan rings is 1. The molecule has 7 heteroatoms. The Labute approximate surface area is 158 Å². The van der Waals surface area contributed by atoms with Crippen LogP contribution in [0.15, 0.2) is 34.9 Å². The van der Waals surface area contributed by atoms with Crippen molar-refractivity contribution in [1.29, 1.82) is 0 Å². The predicted molar refractivity (Wildman–Crippen MR) is 100 cm³/mol. The van der Waals surface area contributed by atoms with Gasteiger partial charge in [-0.15, -0.1) is 0 Å². The van der Waals surface area contributed by atoms with Crippen LogP contribution in [0.4, 0.5) is 5.69 Å². The van der Waals surface area contributed by atoms with Crippen molar-refractivity contribution >= 4 is 17.5 Å². The van der Waals surface area contributed by atoms with Crippen molar-refractivity contribution in [3.8, 4) is 11.5 Å². The summed E-state index contributed by atoms with van der Waals surface area (Å²) in [5.74, 6) is 1.26. The minimum atomic E-state index is -0.288. The number of rotatable bonds is 8. The second kappa shape index (κ2) is 8.62. The lowest BCUT2D eigenvalue weighted by Gasteiger charge is -2.13. The standard InChI is InChI=1S/C20H24N2O5/c1-3-25-18-11-14-10-13(2)27-17(14)12-15(18)22-19(23)7-4-8-21-20(24)16-6-5-9-26-16/h5-6,9,11-13H,3-4,7-8,10H2,1-2H3,(H,21,24)(H,22,23). The number of anilines is 1. The second-order valence-corrected chi connectivity index (χ2v) is 6.41. The Bertz CT molecular complexity index is 801. The molecule has 0 saturated carbocycles. The van der Waals surface area contributed by atoms with Gasteiger partial charge in [0.1, 0.15) is 17.6 Å². The molecule has 1 unspecified atom stereocenters. The molecule has 2 N–H and O–H groups in total. The highest BCUT2D eigenvalue weighted by Gasteiger charge is 2.22. The van der Waals surface area contributed by atoms with Crippen molar-refractivity contribution in [3.05, 3.63) is 41.9 Å². The summed E-state index contributed by atoms with van der Waals surface area (Å²) in [6.07, 6.45) is 3.19. The van der Waals surface area contributed by atoms with Gasteiger partial charge in [-0.2, -0.15) is 0 Å². The zero-order chi connectivity index (χ0) is 19.2. The van der Waals surface area contributed by atoms with Gasteiger partial charge in [0.2, 0.25) is 5.91 Å². The smallest absolute Gasteiger partial charge is 0.286 e. The van der Waals surface area contributed by atoms with E-state index in [1.54, 1.807) is 12.1 Å². The lowest BCUT2D eigenvalue weighted by molar-refractivity contribution is -0.116. The third-order valence-corrected chi connectivity index (χ3v) is 4.18. The Morgan fingerprint density at radius 3 is 2.93 bits per heavy atom. The molecule has 1 aliphatic rings. The minimum Gasteiger partial charge on any atom is -0.492 e. The average molecular weight is 372 g/mol. The highest BCUT2D eigenvalue weighted by atomic mass is 16.5. The molecule has 27 heavy (non-hydrogen) atoms. The van der Waals surface area contributed by atoms with Crippen LogP contribution in [0.2, 0.25) is 0 Å². The first kappa shape index (κ1) is 18.8. The summed E-state index contributed by atoms with van der Waals surface area (Å²) in [5, 5.41) is 5.60. The van der Waals surface area contributed by atoms with E-state index in [1.807, 2.05) is 26.0 Å². The van der Waals surface area contributed by atoms with Crippen molar-refractivity contribution in [2.75, 3.05) is 18.5 Å². The van der Waals surface area contributed by atoms with Gasteiger partial charge in [-0.3, -0.25) is 9.59 Å². The first-order chi connectivity index (χ1) is 13.1. The van der Waals surface area contributed by atoms with E-state index in [2.05, 4.69) is 10.6 Å².